The van der Waals surface area contributed by atoms with Crippen LogP contribution in [-0.4, -0.2) is 50.5 Å². The Kier molecular flexibility index (Phi) is 11.0. The Morgan fingerprint density at radius 2 is 1.50 bits per heavy atom. The molecule has 0 aromatic heterocycles. The summed E-state index contributed by atoms with van der Waals surface area (Å²) in [6, 6.07) is 19.0. The van der Waals surface area contributed by atoms with Crippen molar-refractivity contribution >= 4 is 39.1 Å². The summed E-state index contributed by atoms with van der Waals surface area (Å²) < 4.78 is 66.8. The Morgan fingerprint density at radius 3 is 2.02 bits per heavy atom. The molecule has 226 valence electrons. The van der Waals surface area contributed by atoms with E-state index in [1.807, 2.05) is 19.9 Å². The number of hydrogen-bond acceptors (Lipinski definition) is 4. The molecule has 7 nitrogen and oxygen atoms in total. The molecular formula is C30H33ClF3N3O4S. The van der Waals surface area contributed by atoms with Crippen LogP contribution >= 0.6 is 11.6 Å². The molecule has 1 atom stereocenters. The van der Waals surface area contributed by atoms with Gasteiger partial charge in [-0.2, -0.15) is 13.2 Å². The molecule has 0 fully saturated rings. The fraction of sp³-hybridized carbons (Fsp3) is 0.333. The van der Waals surface area contributed by atoms with Crippen LogP contribution in [0.15, 0.2) is 78.9 Å². The summed E-state index contributed by atoms with van der Waals surface area (Å²) in [7, 11) is -4.30. The molecule has 2 amide bonds. The van der Waals surface area contributed by atoms with Gasteiger partial charge in [0.2, 0.25) is 21.8 Å². The van der Waals surface area contributed by atoms with Gasteiger partial charge in [-0.05, 0) is 35.2 Å². The second kappa shape index (κ2) is 14.1. The van der Waals surface area contributed by atoms with Crippen LogP contribution in [0.5, 0.6) is 0 Å². The number of amides is 2. The van der Waals surface area contributed by atoms with E-state index in [0.29, 0.717) is 22.5 Å². The van der Waals surface area contributed by atoms with Crippen LogP contribution in [0.3, 0.4) is 0 Å². The number of nitrogens with zero attached hydrogens (tertiary/aromatic N) is 2. The van der Waals surface area contributed by atoms with Crippen molar-refractivity contribution in [3.8, 4) is 0 Å². The van der Waals surface area contributed by atoms with Crippen molar-refractivity contribution < 1.29 is 31.2 Å². The van der Waals surface area contributed by atoms with Gasteiger partial charge in [0, 0.05) is 19.5 Å². The molecular weight excluding hydrogens is 591 g/mol. The lowest BCUT2D eigenvalue weighted by Gasteiger charge is -2.34. The fourth-order valence-corrected chi connectivity index (χ4v) is 5.35. The summed E-state index contributed by atoms with van der Waals surface area (Å²) in [5.74, 6) is -1.12. The first-order valence-corrected chi connectivity index (χ1v) is 15.4. The van der Waals surface area contributed by atoms with E-state index in [1.165, 1.54) is 4.90 Å². The van der Waals surface area contributed by atoms with Crippen LogP contribution in [-0.2, 0) is 38.8 Å². The molecule has 0 heterocycles. The van der Waals surface area contributed by atoms with Gasteiger partial charge in [0.1, 0.15) is 12.6 Å². The monoisotopic (exact) mass is 623 g/mol. The van der Waals surface area contributed by atoms with Crippen molar-refractivity contribution in [2.24, 2.45) is 5.92 Å². The molecule has 0 spiro atoms. The number of benzene rings is 3. The number of hydrogen-bond donors (Lipinski definition) is 1. The lowest BCUT2D eigenvalue weighted by molar-refractivity contribution is -0.140. The predicted octanol–water partition coefficient (Wildman–Crippen LogP) is 5.54. The SMILES string of the molecule is CC(C)CNC(=O)[C@H](Cc1ccccc1)N(Cc1ccccc1)C(=O)CN(c1cc(C(F)(F)F)ccc1Cl)S(C)(=O)=O. The van der Waals surface area contributed by atoms with Crippen LogP contribution in [0.25, 0.3) is 0 Å². The quantitative estimate of drug-likeness (QED) is 0.287. The highest BCUT2D eigenvalue weighted by molar-refractivity contribution is 7.92. The molecule has 0 unspecified atom stereocenters. The number of carbonyl (C=O) groups is 2. The normalized spacial score (nSPS) is 12.6. The maximum Gasteiger partial charge on any atom is 0.416 e. The Morgan fingerprint density at radius 1 is 0.929 bits per heavy atom. The van der Waals surface area contributed by atoms with Gasteiger partial charge in [-0.1, -0.05) is 86.1 Å². The summed E-state index contributed by atoms with van der Waals surface area (Å²) in [5.41, 5.74) is -0.192. The molecule has 3 rings (SSSR count). The molecule has 0 aliphatic carbocycles. The standard InChI is InChI=1S/C30H33ClF3N3O4S/c1-21(2)18-35-29(39)27(16-22-10-6-4-7-11-22)36(19-23-12-8-5-9-13-23)28(38)20-37(42(3,40)41)26-17-24(30(32,33)34)14-15-25(26)31/h4-15,17,21,27H,16,18-20H2,1-3H3,(H,35,39)/t27-/m0/s1. The third kappa shape index (κ3) is 9.22. The number of sulfonamides is 1. The van der Waals surface area contributed by atoms with E-state index < -0.39 is 51.9 Å². The lowest BCUT2D eigenvalue weighted by Crippen LogP contribution is -2.53. The fourth-order valence-electron chi connectivity index (χ4n) is 4.23. The number of carbonyl (C=O) groups excluding carboxylic acids is 2. The Balaban J connectivity index is 2.09. The molecule has 0 radical (unpaired) electrons. The predicted molar refractivity (Wildman–Crippen MR) is 157 cm³/mol. The Hall–Kier alpha value is -3.57. The zero-order valence-corrected chi connectivity index (χ0v) is 25.0. The van der Waals surface area contributed by atoms with Gasteiger partial charge in [0.15, 0.2) is 0 Å². The molecule has 0 saturated heterocycles. The second-order valence-electron chi connectivity index (χ2n) is 10.3. The maximum atomic E-state index is 14.0. The van der Waals surface area contributed by atoms with E-state index in [-0.39, 0.29) is 23.9 Å². The smallest absolute Gasteiger partial charge is 0.354 e. The molecule has 3 aromatic rings. The van der Waals surface area contributed by atoms with E-state index in [9.17, 15) is 31.2 Å². The average Bonchev–Trinajstić information content (AvgIpc) is 2.92. The summed E-state index contributed by atoms with van der Waals surface area (Å²) in [6.45, 7) is 3.24. The van der Waals surface area contributed by atoms with Gasteiger partial charge in [0.05, 0.1) is 22.5 Å². The largest absolute Gasteiger partial charge is 0.416 e. The number of alkyl halides is 3. The zero-order valence-electron chi connectivity index (χ0n) is 23.4. The van der Waals surface area contributed by atoms with Crippen molar-refractivity contribution in [2.75, 3.05) is 23.7 Å². The molecule has 0 aliphatic heterocycles. The first-order chi connectivity index (χ1) is 19.7. The Bertz CT molecular complexity index is 1470. The molecule has 42 heavy (non-hydrogen) atoms. The van der Waals surface area contributed by atoms with Gasteiger partial charge in [-0.15, -0.1) is 0 Å². The zero-order chi connectivity index (χ0) is 31.1. The highest BCUT2D eigenvalue weighted by Gasteiger charge is 2.35. The van der Waals surface area contributed by atoms with E-state index in [4.69, 9.17) is 11.6 Å². The van der Waals surface area contributed by atoms with Gasteiger partial charge < -0.3 is 10.2 Å². The van der Waals surface area contributed by atoms with Crippen molar-refractivity contribution in [3.63, 3.8) is 0 Å². The molecule has 1 N–H and O–H groups in total. The Labute approximate surface area is 249 Å². The van der Waals surface area contributed by atoms with E-state index in [0.717, 1.165) is 24.0 Å². The van der Waals surface area contributed by atoms with E-state index in [2.05, 4.69) is 5.32 Å². The van der Waals surface area contributed by atoms with Crippen molar-refractivity contribution in [1.82, 2.24) is 10.2 Å². The van der Waals surface area contributed by atoms with Crippen molar-refractivity contribution in [1.29, 1.82) is 0 Å². The highest BCUT2D eigenvalue weighted by atomic mass is 35.5. The molecule has 3 aromatic carbocycles. The number of halogens is 4. The summed E-state index contributed by atoms with van der Waals surface area (Å²) >= 11 is 6.17. The highest BCUT2D eigenvalue weighted by Crippen LogP contribution is 2.36. The first kappa shape index (κ1) is 32.9. The molecule has 0 bridgehead atoms. The molecule has 12 heteroatoms. The lowest BCUT2D eigenvalue weighted by atomic mass is 10.0. The number of rotatable bonds is 12. The third-order valence-corrected chi connectivity index (χ3v) is 7.82. The molecule has 0 saturated carbocycles. The van der Waals surface area contributed by atoms with Gasteiger partial charge >= 0.3 is 6.18 Å². The maximum absolute atomic E-state index is 14.0. The van der Waals surface area contributed by atoms with Crippen LogP contribution in [0.2, 0.25) is 5.02 Å². The molecule has 0 aliphatic rings. The summed E-state index contributed by atoms with van der Waals surface area (Å²) in [5, 5.41) is 2.58. The van der Waals surface area contributed by atoms with Gasteiger partial charge in [0.25, 0.3) is 0 Å². The third-order valence-electron chi connectivity index (χ3n) is 6.37. The minimum Gasteiger partial charge on any atom is -0.354 e. The topological polar surface area (TPSA) is 86.8 Å². The number of nitrogens with one attached hydrogen (secondary N) is 1. The van der Waals surface area contributed by atoms with Gasteiger partial charge in [-0.25, -0.2) is 8.42 Å². The summed E-state index contributed by atoms with van der Waals surface area (Å²) in [4.78, 5) is 28.8. The van der Waals surface area contributed by atoms with Crippen LogP contribution < -0.4 is 9.62 Å². The number of anilines is 1. The second-order valence-corrected chi connectivity index (χ2v) is 12.6. The minimum atomic E-state index is -4.78. The van der Waals surface area contributed by atoms with E-state index >= 15 is 0 Å². The first-order valence-electron chi connectivity index (χ1n) is 13.2. The van der Waals surface area contributed by atoms with Crippen LogP contribution in [0.4, 0.5) is 18.9 Å². The average molecular weight is 624 g/mol. The van der Waals surface area contributed by atoms with Crippen LogP contribution in [0, 0.1) is 5.92 Å². The van der Waals surface area contributed by atoms with Crippen molar-refractivity contribution in [2.45, 2.75) is 39.0 Å². The summed E-state index contributed by atoms with van der Waals surface area (Å²) in [6.07, 6.45) is -3.89. The van der Waals surface area contributed by atoms with E-state index in [1.54, 1.807) is 54.6 Å². The van der Waals surface area contributed by atoms with Gasteiger partial charge in [-0.3, -0.25) is 13.9 Å². The van der Waals surface area contributed by atoms with Crippen LogP contribution in [0.1, 0.15) is 30.5 Å². The van der Waals surface area contributed by atoms with Crippen molar-refractivity contribution in [3.05, 3.63) is 101 Å². The minimum absolute atomic E-state index is 0.0554.